The molecule has 0 aliphatic heterocycles. The van der Waals surface area contributed by atoms with Crippen LogP contribution in [0.1, 0.15) is 10.4 Å². The number of halogens is 1. The van der Waals surface area contributed by atoms with E-state index in [1.165, 1.54) is 7.11 Å². The molecule has 0 fully saturated rings. The molecule has 0 atom stereocenters. The summed E-state index contributed by atoms with van der Waals surface area (Å²) in [5.74, 6) is -0.356. The first-order valence-corrected chi connectivity index (χ1v) is 10.1. The van der Waals surface area contributed by atoms with Gasteiger partial charge in [-0.05, 0) is 51.6 Å². The highest BCUT2D eigenvalue weighted by atomic mass is 79.9. The van der Waals surface area contributed by atoms with Gasteiger partial charge >= 0.3 is 5.97 Å². The van der Waals surface area contributed by atoms with Gasteiger partial charge in [-0.3, -0.25) is 0 Å². The first-order valence-electron chi connectivity index (χ1n) is 9.30. The monoisotopic (exact) mass is 442 g/mol. The van der Waals surface area contributed by atoms with Crippen molar-refractivity contribution in [3.63, 3.8) is 0 Å². The van der Waals surface area contributed by atoms with Crippen molar-refractivity contribution < 1.29 is 9.53 Å². The van der Waals surface area contributed by atoms with Gasteiger partial charge in [-0.2, -0.15) is 0 Å². The van der Waals surface area contributed by atoms with Crippen molar-refractivity contribution in [1.29, 1.82) is 0 Å². The predicted octanol–water partition coefficient (Wildman–Crippen LogP) is 7.24. The van der Waals surface area contributed by atoms with Gasteiger partial charge in [-0.1, -0.05) is 94.8 Å². The summed E-state index contributed by atoms with van der Waals surface area (Å²) in [5, 5.41) is 0. The highest BCUT2D eigenvalue weighted by Crippen LogP contribution is 2.38. The second-order valence-corrected chi connectivity index (χ2v) is 7.59. The third-order valence-corrected chi connectivity index (χ3v) is 5.38. The van der Waals surface area contributed by atoms with Gasteiger partial charge in [0.25, 0.3) is 0 Å². The number of hydrogen-bond acceptors (Lipinski definition) is 2. The first kappa shape index (κ1) is 19.2. The molecular weight excluding hydrogens is 424 g/mol. The summed E-state index contributed by atoms with van der Waals surface area (Å²) in [5.41, 5.74) is 6.76. The van der Waals surface area contributed by atoms with Crippen molar-refractivity contribution in [2.45, 2.75) is 0 Å². The number of rotatable bonds is 4. The zero-order chi connectivity index (χ0) is 20.2. The van der Waals surface area contributed by atoms with Crippen molar-refractivity contribution in [1.82, 2.24) is 0 Å². The predicted molar refractivity (Wildman–Crippen MR) is 122 cm³/mol. The third kappa shape index (κ3) is 4.01. The first-order chi connectivity index (χ1) is 14.2. The molecule has 0 aromatic heterocycles. The molecule has 0 radical (unpaired) electrons. The standard InChI is InChI=1S/C26H19BrO2/c1-29-26(28)25-17-21(27)13-15-23(25)24-16-20(18-8-4-2-5-9-18)12-14-22(24)19-10-6-3-7-11-19/h2-17H,1H3. The Morgan fingerprint density at radius 2 is 1.28 bits per heavy atom. The molecule has 0 bridgehead atoms. The number of methoxy groups -OCH3 is 1. The van der Waals surface area contributed by atoms with E-state index >= 15 is 0 Å². The minimum atomic E-state index is -0.356. The highest BCUT2D eigenvalue weighted by Gasteiger charge is 2.18. The smallest absolute Gasteiger partial charge is 0.338 e. The fourth-order valence-electron chi connectivity index (χ4n) is 3.48. The zero-order valence-electron chi connectivity index (χ0n) is 15.9. The summed E-state index contributed by atoms with van der Waals surface area (Å²) < 4.78 is 5.89. The number of ether oxygens (including phenoxy) is 1. The minimum absolute atomic E-state index is 0.356. The van der Waals surface area contributed by atoms with Crippen LogP contribution in [0.4, 0.5) is 0 Å². The molecular formula is C26H19BrO2. The van der Waals surface area contributed by atoms with E-state index in [0.717, 1.165) is 37.9 Å². The van der Waals surface area contributed by atoms with Gasteiger partial charge in [0.05, 0.1) is 12.7 Å². The summed E-state index contributed by atoms with van der Waals surface area (Å²) in [6.45, 7) is 0. The second-order valence-electron chi connectivity index (χ2n) is 6.67. The van der Waals surface area contributed by atoms with Crippen LogP contribution in [0.25, 0.3) is 33.4 Å². The van der Waals surface area contributed by atoms with Crippen LogP contribution in [0, 0.1) is 0 Å². The summed E-state index contributed by atoms with van der Waals surface area (Å²) in [6, 6.07) is 32.6. The number of esters is 1. The van der Waals surface area contributed by atoms with Gasteiger partial charge in [0.2, 0.25) is 0 Å². The molecule has 29 heavy (non-hydrogen) atoms. The van der Waals surface area contributed by atoms with Crippen molar-refractivity contribution in [2.75, 3.05) is 7.11 Å². The van der Waals surface area contributed by atoms with Crippen molar-refractivity contribution in [2.24, 2.45) is 0 Å². The van der Waals surface area contributed by atoms with Crippen LogP contribution in [0.5, 0.6) is 0 Å². The number of carbonyl (C=O) groups excluding carboxylic acids is 1. The van der Waals surface area contributed by atoms with Gasteiger partial charge in [-0.25, -0.2) is 4.79 Å². The van der Waals surface area contributed by atoms with E-state index < -0.39 is 0 Å². The Bertz CT molecular complexity index is 1150. The summed E-state index contributed by atoms with van der Waals surface area (Å²) >= 11 is 3.47. The zero-order valence-corrected chi connectivity index (χ0v) is 17.5. The van der Waals surface area contributed by atoms with Crippen molar-refractivity contribution in [3.05, 3.63) is 107 Å². The van der Waals surface area contributed by atoms with E-state index in [4.69, 9.17) is 4.74 Å². The normalized spacial score (nSPS) is 10.6. The lowest BCUT2D eigenvalue weighted by Gasteiger charge is -2.16. The Morgan fingerprint density at radius 3 is 1.93 bits per heavy atom. The van der Waals surface area contributed by atoms with Crippen LogP contribution in [0.15, 0.2) is 102 Å². The van der Waals surface area contributed by atoms with Gasteiger partial charge in [0, 0.05) is 4.47 Å². The Balaban J connectivity index is 1.99. The fourth-order valence-corrected chi connectivity index (χ4v) is 3.84. The van der Waals surface area contributed by atoms with Crippen LogP contribution in [0.3, 0.4) is 0 Å². The molecule has 0 amide bonds. The lowest BCUT2D eigenvalue weighted by Crippen LogP contribution is -2.04. The van der Waals surface area contributed by atoms with E-state index in [2.05, 4.69) is 58.4 Å². The topological polar surface area (TPSA) is 26.3 Å². The summed E-state index contributed by atoms with van der Waals surface area (Å²) in [7, 11) is 1.41. The van der Waals surface area contributed by atoms with Crippen LogP contribution in [0.2, 0.25) is 0 Å². The van der Waals surface area contributed by atoms with E-state index in [1.807, 2.05) is 54.6 Å². The molecule has 0 aliphatic carbocycles. The SMILES string of the molecule is COC(=O)c1cc(Br)ccc1-c1cc(-c2ccccc2)ccc1-c1ccccc1. The molecule has 0 spiro atoms. The van der Waals surface area contributed by atoms with Crippen LogP contribution in [-0.4, -0.2) is 13.1 Å². The minimum Gasteiger partial charge on any atom is -0.465 e. The summed E-state index contributed by atoms with van der Waals surface area (Å²) in [6.07, 6.45) is 0. The van der Waals surface area contributed by atoms with E-state index in [0.29, 0.717) is 5.56 Å². The third-order valence-electron chi connectivity index (χ3n) is 4.89. The quantitative estimate of drug-likeness (QED) is 0.311. The highest BCUT2D eigenvalue weighted by molar-refractivity contribution is 9.10. The van der Waals surface area contributed by atoms with Gasteiger partial charge in [0.1, 0.15) is 0 Å². The molecule has 3 heteroatoms. The molecule has 0 saturated carbocycles. The Kier molecular flexibility index (Phi) is 5.59. The molecule has 4 rings (SSSR count). The average molecular weight is 443 g/mol. The van der Waals surface area contributed by atoms with Gasteiger partial charge in [-0.15, -0.1) is 0 Å². The van der Waals surface area contributed by atoms with Crippen molar-refractivity contribution in [3.8, 4) is 33.4 Å². The Hall–Kier alpha value is -3.17. The Morgan fingerprint density at radius 1 is 0.655 bits per heavy atom. The van der Waals surface area contributed by atoms with Crippen molar-refractivity contribution >= 4 is 21.9 Å². The van der Waals surface area contributed by atoms with Crippen LogP contribution in [-0.2, 0) is 4.74 Å². The molecule has 4 aromatic rings. The van der Waals surface area contributed by atoms with Crippen LogP contribution < -0.4 is 0 Å². The lowest BCUT2D eigenvalue weighted by molar-refractivity contribution is 0.0601. The maximum atomic E-state index is 12.5. The largest absolute Gasteiger partial charge is 0.465 e. The van der Waals surface area contributed by atoms with E-state index in [9.17, 15) is 4.79 Å². The fraction of sp³-hybridized carbons (Fsp3) is 0.0385. The maximum Gasteiger partial charge on any atom is 0.338 e. The molecule has 0 N–H and O–H groups in total. The molecule has 0 unspecified atom stereocenters. The summed E-state index contributed by atoms with van der Waals surface area (Å²) in [4.78, 5) is 12.5. The molecule has 0 saturated heterocycles. The average Bonchev–Trinajstić information content (AvgIpc) is 2.79. The number of carbonyl (C=O) groups is 1. The van der Waals surface area contributed by atoms with E-state index in [-0.39, 0.29) is 5.97 Å². The second kappa shape index (κ2) is 8.46. The number of benzene rings is 4. The lowest BCUT2D eigenvalue weighted by atomic mass is 9.89. The molecule has 0 aliphatic rings. The number of hydrogen-bond donors (Lipinski definition) is 0. The van der Waals surface area contributed by atoms with Gasteiger partial charge in [0.15, 0.2) is 0 Å². The molecule has 142 valence electrons. The van der Waals surface area contributed by atoms with E-state index in [1.54, 1.807) is 0 Å². The molecule has 4 aromatic carbocycles. The maximum absolute atomic E-state index is 12.5. The molecule has 0 heterocycles. The molecule has 2 nitrogen and oxygen atoms in total. The van der Waals surface area contributed by atoms with Crippen LogP contribution >= 0.6 is 15.9 Å². The van der Waals surface area contributed by atoms with Gasteiger partial charge < -0.3 is 4.74 Å². The Labute approximate surface area is 178 Å².